The third-order valence-corrected chi connectivity index (χ3v) is 6.98. The summed E-state index contributed by atoms with van der Waals surface area (Å²) in [6.45, 7) is 2.88. The second kappa shape index (κ2) is 9.56. The van der Waals surface area contributed by atoms with Gasteiger partial charge in [0.05, 0.1) is 5.02 Å². The summed E-state index contributed by atoms with van der Waals surface area (Å²) in [6.07, 6.45) is 6.35. The number of benzene rings is 1. The number of pyridine rings is 1. The molecule has 1 aliphatic rings. The zero-order valence-corrected chi connectivity index (χ0v) is 20.1. The van der Waals surface area contributed by atoms with Gasteiger partial charge in [-0.1, -0.05) is 49.6 Å². The molecule has 3 heterocycles. The van der Waals surface area contributed by atoms with Gasteiger partial charge in [0.2, 0.25) is 5.28 Å². The van der Waals surface area contributed by atoms with Crippen molar-refractivity contribution in [2.75, 3.05) is 0 Å². The highest BCUT2D eigenvalue weighted by Crippen LogP contribution is 2.36. The Hall–Kier alpha value is -2.61. The maximum atomic E-state index is 14.6. The van der Waals surface area contributed by atoms with Crippen LogP contribution < -0.4 is 0 Å². The summed E-state index contributed by atoms with van der Waals surface area (Å²) in [6, 6.07) is 7.92. The van der Waals surface area contributed by atoms with Gasteiger partial charge in [-0.2, -0.15) is 4.98 Å². The molecule has 0 spiro atoms. The highest BCUT2D eigenvalue weighted by Gasteiger charge is 2.28. The summed E-state index contributed by atoms with van der Waals surface area (Å²) in [5.41, 5.74) is 2.30. The molecule has 1 saturated carbocycles. The van der Waals surface area contributed by atoms with Gasteiger partial charge >= 0.3 is 0 Å². The summed E-state index contributed by atoms with van der Waals surface area (Å²) in [7, 11) is 0. The number of aromatic nitrogens is 5. The van der Waals surface area contributed by atoms with E-state index in [1.165, 1.54) is 6.07 Å². The number of fused-ring (bicyclic) bond motifs is 1. The highest BCUT2D eigenvalue weighted by atomic mass is 35.5. The second-order valence-electron chi connectivity index (χ2n) is 9.04. The Kier molecular flexibility index (Phi) is 6.51. The van der Waals surface area contributed by atoms with Crippen LogP contribution in [-0.4, -0.2) is 29.6 Å². The third kappa shape index (κ3) is 4.52. The maximum Gasteiger partial charge on any atom is 0.225 e. The van der Waals surface area contributed by atoms with Crippen molar-refractivity contribution >= 4 is 34.4 Å². The Morgan fingerprint density at radius 2 is 1.85 bits per heavy atom. The fourth-order valence-corrected chi connectivity index (χ4v) is 5.11. The summed E-state index contributed by atoms with van der Waals surface area (Å²) in [5.74, 6) is 0.908. The van der Waals surface area contributed by atoms with Gasteiger partial charge in [0.1, 0.15) is 29.0 Å². The van der Waals surface area contributed by atoms with Crippen LogP contribution in [-0.2, 0) is 6.54 Å². The van der Waals surface area contributed by atoms with Crippen molar-refractivity contribution in [1.29, 1.82) is 0 Å². The van der Waals surface area contributed by atoms with Crippen LogP contribution in [0.3, 0.4) is 0 Å². The van der Waals surface area contributed by atoms with Crippen molar-refractivity contribution in [1.82, 2.24) is 24.5 Å². The number of aliphatic hydroxyl groups is 1. The molecule has 4 aromatic rings. The smallest absolute Gasteiger partial charge is 0.225 e. The molecule has 1 N–H and O–H groups in total. The summed E-state index contributed by atoms with van der Waals surface area (Å²) in [5, 5.41) is 11.7. The van der Waals surface area contributed by atoms with Crippen molar-refractivity contribution in [3.63, 3.8) is 0 Å². The topological polar surface area (TPSA) is 76.7 Å². The minimum atomic E-state index is -1.28. The van der Waals surface area contributed by atoms with Crippen molar-refractivity contribution in [3.05, 3.63) is 70.2 Å². The molecule has 1 aromatic carbocycles. The molecule has 176 valence electrons. The molecular weight excluding hydrogens is 476 g/mol. The number of hydrogen-bond donors (Lipinski definition) is 1. The van der Waals surface area contributed by atoms with Gasteiger partial charge in [0, 0.05) is 30.1 Å². The largest absolute Gasteiger partial charge is 0.380 e. The fourth-order valence-electron chi connectivity index (χ4n) is 4.77. The summed E-state index contributed by atoms with van der Waals surface area (Å²) < 4.78 is 16.5. The van der Waals surface area contributed by atoms with Crippen LogP contribution in [0.2, 0.25) is 10.3 Å². The third-order valence-electron chi connectivity index (χ3n) is 6.60. The average Bonchev–Trinajstić information content (AvgIpc) is 3.17. The molecule has 0 aliphatic heterocycles. The number of aliphatic hydroxyl groups excluding tert-OH is 1. The maximum absolute atomic E-state index is 14.6. The molecule has 9 heteroatoms. The number of hydrogen-bond acceptors (Lipinski definition) is 5. The van der Waals surface area contributed by atoms with E-state index in [9.17, 15) is 9.50 Å². The molecule has 0 radical (unpaired) electrons. The number of halogens is 3. The predicted molar refractivity (Wildman–Crippen MR) is 130 cm³/mol. The minimum absolute atomic E-state index is 0.0190. The van der Waals surface area contributed by atoms with Gasteiger partial charge in [-0.15, -0.1) is 0 Å². The van der Waals surface area contributed by atoms with Gasteiger partial charge in [0.25, 0.3) is 0 Å². The predicted octanol–water partition coefficient (Wildman–Crippen LogP) is 6.24. The molecule has 5 rings (SSSR count). The number of nitrogens with zero attached hydrogens (tertiary/aromatic N) is 5. The molecule has 0 bridgehead atoms. The molecule has 1 fully saturated rings. The van der Waals surface area contributed by atoms with Crippen LogP contribution in [0.5, 0.6) is 0 Å². The van der Waals surface area contributed by atoms with Gasteiger partial charge < -0.3 is 9.67 Å². The van der Waals surface area contributed by atoms with E-state index in [1.54, 1.807) is 36.7 Å². The lowest BCUT2D eigenvalue weighted by atomic mass is 9.83. The highest BCUT2D eigenvalue weighted by molar-refractivity contribution is 6.30. The van der Waals surface area contributed by atoms with Gasteiger partial charge in [-0.25, -0.2) is 14.4 Å². The average molecular weight is 500 g/mol. The Labute approximate surface area is 206 Å². The molecular formula is C25H24Cl2FN5O. The van der Waals surface area contributed by atoms with Gasteiger partial charge in [-0.3, -0.25) is 4.98 Å². The van der Waals surface area contributed by atoms with E-state index in [1.807, 2.05) is 4.57 Å². The Morgan fingerprint density at radius 1 is 1.09 bits per heavy atom. The minimum Gasteiger partial charge on any atom is -0.380 e. The quantitative estimate of drug-likeness (QED) is 0.328. The van der Waals surface area contributed by atoms with Crippen LogP contribution >= 0.6 is 23.2 Å². The van der Waals surface area contributed by atoms with E-state index < -0.39 is 11.9 Å². The summed E-state index contributed by atoms with van der Waals surface area (Å²) in [4.78, 5) is 17.6. The first-order valence-corrected chi connectivity index (χ1v) is 12.1. The monoisotopic (exact) mass is 499 g/mol. The van der Waals surface area contributed by atoms with Gasteiger partial charge in [-0.05, 0) is 48.4 Å². The zero-order valence-electron chi connectivity index (χ0n) is 18.6. The standard InChI is InChI=1S/C25H24Cl2FN5O/c1-14-6-8-15(9-7-14)13-33-21-20(16-10-17(26)12-29-11-16)30-25(27)32-23(21)31-24(33)22(34)18-4-2-3-5-19(18)28/h2-5,10-12,14-15,22,34H,6-9,13H2,1H3. The van der Waals surface area contributed by atoms with Crippen LogP contribution in [0.25, 0.3) is 22.4 Å². The van der Waals surface area contributed by atoms with Crippen molar-refractivity contribution in [2.24, 2.45) is 11.8 Å². The lowest BCUT2D eigenvalue weighted by molar-refractivity contribution is 0.193. The molecule has 1 unspecified atom stereocenters. The molecule has 6 nitrogen and oxygen atoms in total. The first-order chi connectivity index (χ1) is 16.4. The van der Waals surface area contributed by atoms with E-state index in [4.69, 9.17) is 23.2 Å². The van der Waals surface area contributed by atoms with Crippen LogP contribution in [0.15, 0.2) is 42.7 Å². The van der Waals surface area contributed by atoms with Crippen LogP contribution in [0.1, 0.15) is 50.1 Å². The first-order valence-electron chi connectivity index (χ1n) is 11.4. The normalized spacial score (nSPS) is 19.4. The van der Waals surface area contributed by atoms with E-state index >= 15 is 0 Å². The van der Waals surface area contributed by atoms with Crippen molar-refractivity contribution < 1.29 is 9.50 Å². The van der Waals surface area contributed by atoms with Crippen molar-refractivity contribution in [2.45, 2.75) is 45.3 Å². The van der Waals surface area contributed by atoms with Crippen LogP contribution in [0, 0.1) is 17.7 Å². The molecule has 34 heavy (non-hydrogen) atoms. The molecule has 1 aliphatic carbocycles. The van der Waals surface area contributed by atoms with E-state index in [0.29, 0.717) is 51.6 Å². The zero-order chi connectivity index (χ0) is 23.8. The Balaban J connectivity index is 1.71. The first kappa shape index (κ1) is 23.1. The van der Waals surface area contributed by atoms with Gasteiger partial charge in [0.15, 0.2) is 5.65 Å². The van der Waals surface area contributed by atoms with E-state index in [2.05, 4.69) is 26.9 Å². The van der Waals surface area contributed by atoms with Crippen molar-refractivity contribution in [3.8, 4) is 11.3 Å². The second-order valence-corrected chi connectivity index (χ2v) is 9.81. The molecule has 0 amide bonds. The Morgan fingerprint density at radius 3 is 2.59 bits per heavy atom. The lowest BCUT2D eigenvalue weighted by Gasteiger charge is -2.27. The number of rotatable bonds is 5. The summed E-state index contributed by atoms with van der Waals surface area (Å²) >= 11 is 12.5. The fraction of sp³-hybridized carbons (Fsp3) is 0.360. The SMILES string of the molecule is CC1CCC(Cn2c(C(O)c3ccccc3F)nc3nc(Cl)nc(-c4cncc(Cl)c4)c32)CC1. The molecule has 1 atom stereocenters. The van der Waals surface area contributed by atoms with E-state index in [-0.39, 0.29) is 10.8 Å². The molecule has 0 saturated heterocycles. The molecule has 3 aromatic heterocycles. The lowest BCUT2D eigenvalue weighted by Crippen LogP contribution is -2.20. The van der Waals surface area contributed by atoms with Crippen LogP contribution in [0.4, 0.5) is 4.39 Å². The number of imidazole rings is 1. The van der Waals surface area contributed by atoms with E-state index in [0.717, 1.165) is 25.7 Å². The Bertz CT molecular complexity index is 1340.